The lowest BCUT2D eigenvalue weighted by molar-refractivity contribution is -0.185. The Morgan fingerprint density at radius 1 is 1.09 bits per heavy atom. The van der Waals surface area contributed by atoms with E-state index >= 15 is 0 Å². The van der Waals surface area contributed by atoms with E-state index < -0.39 is 52.7 Å². The van der Waals surface area contributed by atoms with Crippen LogP contribution in [0.1, 0.15) is 36.0 Å². The highest BCUT2D eigenvalue weighted by atomic mass is 35.5. The number of anilines is 1. The molecule has 2 aromatic carbocycles. The van der Waals surface area contributed by atoms with Crippen molar-refractivity contribution in [2.45, 2.75) is 43.6 Å². The van der Waals surface area contributed by atoms with E-state index in [1.807, 2.05) is 0 Å². The van der Waals surface area contributed by atoms with Crippen LogP contribution < -0.4 is 10.2 Å². The van der Waals surface area contributed by atoms with E-state index in [4.69, 9.17) is 23.2 Å². The third-order valence-corrected chi connectivity index (χ3v) is 6.98. The first-order valence-electron chi connectivity index (χ1n) is 10.7. The SMILES string of the molecule is O=C(NCc1ccc(N2CCC(c3cc(Cl)cc(Cl)c3F)(C(F)(F)F)C2)cc1C(F)(F)F)C1CC1. The summed E-state index contributed by atoms with van der Waals surface area (Å²) in [7, 11) is 0. The summed E-state index contributed by atoms with van der Waals surface area (Å²) in [6.45, 7) is -1.46. The van der Waals surface area contributed by atoms with Crippen molar-refractivity contribution in [3.05, 3.63) is 62.9 Å². The maximum absolute atomic E-state index is 14.7. The Labute approximate surface area is 206 Å². The van der Waals surface area contributed by atoms with Crippen molar-refractivity contribution in [1.29, 1.82) is 0 Å². The predicted octanol–water partition coefficient (Wildman–Crippen LogP) is 6.89. The molecule has 12 heteroatoms. The second kappa shape index (κ2) is 9.03. The lowest BCUT2D eigenvalue weighted by Gasteiger charge is -2.33. The van der Waals surface area contributed by atoms with E-state index in [1.165, 1.54) is 6.07 Å². The summed E-state index contributed by atoms with van der Waals surface area (Å²) in [4.78, 5) is 13.0. The van der Waals surface area contributed by atoms with E-state index in [1.54, 1.807) is 0 Å². The van der Waals surface area contributed by atoms with Crippen LogP contribution in [0.4, 0.5) is 36.4 Å². The Hall–Kier alpha value is -2.20. The third-order valence-electron chi connectivity index (χ3n) is 6.49. The maximum atomic E-state index is 14.7. The van der Waals surface area contributed by atoms with Crippen LogP contribution >= 0.6 is 23.2 Å². The zero-order chi connectivity index (χ0) is 25.8. The van der Waals surface area contributed by atoms with Crippen molar-refractivity contribution in [3.63, 3.8) is 0 Å². The number of amides is 1. The summed E-state index contributed by atoms with van der Waals surface area (Å²) < 4.78 is 99.0. The molecule has 2 fully saturated rings. The minimum Gasteiger partial charge on any atom is -0.370 e. The number of hydrogen-bond acceptors (Lipinski definition) is 2. The van der Waals surface area contributed by atoms with Gasteiger partial charge < -0.3 is 10.2 Å². The Kier molecular flexibility index (Phi) is 6.68. The van der Waals surface area contributed by atoms with Crippen LogP contribution in [0.15, 0.2) is 30.3 Å². The molecular weight excluding hydrogens is 524 g/mol. The number of alkyl halides is 6. The van der Waals surface area contributed by atoms with E-state index in [9.17, 15) is 35.5 Å². The van der Waals surface area contributed by atoms with Gasteiger partial charge in [0.05, 0.1) is 10.6 Å². The van der Waals surface area contributed by atoms with Gasteiger partial charge in [0.15, 0.2) is 0 Å². The van der Waals surface area contributed by atoms with Gasteiger partial charge in [0, 0.05) is 41.8 Å². The summed E-state index contributed by atoms with van der Waals surface area (Å²) in [5, 5.41) is 1.70. The van der Waals surface area contributed by atoms with Crippen molar-refractivity contribution >= 4 is 34.8 Å². The molecule has 1 aliphatic heterocycles. The van der Waals surface area contributed by atoms with Crippen LogP contribution in [0.5, 0.6) is 0 Å². The molecule has 0 radical (unpaired) electrons. The molecule has 1 atom stereocenters. The number of nitrogens with one attached hydrogen (secondary N) is 1. The van der Waals surface area contributed by atoms with Gasteiger partial charge >= 0.3 is 12.4 Å². The van der Waals surface area contributed by atoms with E-state index in [0.29, 0.717) is 12.8 Å². The standard InChI is InChI=1S/C23H19Cl2F7N2O/c24-14-7-17(19(26)18(25)8-14)21(23(30,31)32)5-6-34(11-21)15-4-3-13(16(9-15)22(27,28)29)10-33-20(35)12-1-2-12/h3-4,7-9,12H,1-2,5-6,10-11H2,(H,33,35). The number of hydrogen-bond donors (Lipinski definition) is 1. The topological polar surface area (TPSA) is 32.3 Å². The monoisotopic (exact) mass is 542 g/mol. The lowest BCUT2D eigenvalue weighted by Crippen LogP contribution is -2.45. The molecule has 190 valence electrons. The van der Waals surface area contributed by atoms with Crippen LogP contribution in [0.2, 0.25) is 10.0 Å². The average Bonchev–Trinajstić information content (AvgIpc) is 3.51. The molecule has 0 aromatic heterocycles. The van der Waals surface area contributed by atoms with E-state index in [-0.39, 0.29) is 41.2 Å². The maximum Gasteiger partial charge on any atom is 0.416 e. The van der Waals surface area contributed by atoms with Crippen LogP contribution in [0.3, 0.4) is 0 Å². The fraction of sp³-hybridized carbons (Fsp3) is 0.435. The molecule has 2 aromatic rings. The fourth-order valence-electron chi connectivity index (χ4n) is 4.39. The minimum atomic E-state index is -4.93. The summed E-state index contributed by atoms with van der Waals surface area (Å²) in [6, 6.07) is 4.99. The van der Waals surface area contributed by atoms with E-state index in [0.717, 1.165) is 29.2 Å². The highest BCUT2D eigenvalue weighted by Crippen LogP contribution is 2.51. The highest BCUT2D eigenvalue weighted by molar-refractivity contribution is 6.34. The number of carbonyl (C=O) groups is 1. The smallest absolute Gasteiger partial charge is 0.370 e. The van der Waals surface area contributed by atoms with Gasteiger partial charge in [0.1, 0.15) is 11.2 Å². The van der Waals surface area contributed by atoms with Gasteiger partial charge in [-0.1, -0.05) is 29.3 Å². The molecule has 0 spiro atoms. The molecule has 1 saturated heterocycles. The first-order valence-corrected chi connectivity index (χ1v) is 11.4. The molecule has 1 amide bonds. The predicted molar refractivity (Wildman–Crippen MR) is 117 cm³/mol. The number of nitrogens with zero attached hydrogens (tertiary/aromatic N) is 1. The van der Waals surface area contributed by atoms with Crippen molar-refractivity contribution in [3.8, 4) is 0 Å². The first kappa shape index (κ1) is 25.9. The molecule has 2 aliphatic rings. The third kappa shape index (κ3) is 5.05. The fourth-order valence-corrected chi connectivity index (χ4v) is 4.88. The quantitative estimate of drug-likeness (QED) is 0.329. The van der Waals surface area contributed by atoms with Crippen LogP contribution in [0.25, 0.3) is 0 Å². The summed E-state index contributed by atoms with van der Waals surface area (Å²) >= 11 is 11.6. The number of carbonyl (C=O) groups excluding carboxylic acids is 1. The molecule has 4 rings (SSSR count). The lowest BCUT2D eigenvalue weighted by atomic mass is 9.78. The normalized spacial score (nSPS) is 20.9. The summed E-state index contributed by atoms with van der Waals surface area (Å²) in [5.74, 6) is -1.80. The molecule has 1 aliphatic carbocycles. The summed E-state index contributed by atoms with van der Waals surface area (Å²) in [6.07, 6.45) is -8.97. The van der Waals surface area contributed by atoms with Crippen LogP contribution in [-0.2, 0) is 22.9 Å². The van der Waals surface area contributed by atoms with Crippen LogP contribution in [0, 0.1) is 11.7 Å². The number of benzene rings is 2. The Morgan fingerprint density at radius 2 is 1.77 bits per heavy atom. The number of rotatable bonds is 5. The van der Waals surface area contributed by atoms with Crippen molar-refractivity contribution < 1.29 is 35.5 Å². The second-order valence-electron chi connectivity index (χ2n) is 8.83. The number of halogens is 9. The van der Waals surface area contributed by atoms with Crippen molar-refractivity contribution in [2.75, 3.05) is 18.0 Å². The largest absolute Gasteiger partial charge is 0.416 e. The van der Waals surface area contributed by atoms with Crippen molar-refractivity contribution in [2.24, 2.45) is 5.92 Å². The molecule has 1 saturated carbocycles. The molecule has 0 bridgehead atoms. The van der Waals surface area contributed by atoms with Gasteiger partial charge in [-0.3, -0.25) is 4.79 Å². The Bertz CT molecular complexity index is 1150. The zero-order valence-corrected chi connectivity index (χ0v) is 19.5. The minimum absolute atomic E-state index is 0.103. The van der Waals surface area contributed by atoms with E-state index in [2.05, 4.69) is 5.32 Å². The molecule has 1 heterocycles. The molecular formula is C23H19Cl2F7N2O. The van der Waals surface area contributed by atoms with Gasteiger partial charge in [-0.15, -0.1) is 0 Å². The average molecular weight is 543 g/mol. The molecule has 1 N–H and O–H groups in total. The van der Waals surface area contributed by atoms with Gasteiger partial charge in [0.2, 0.25) is 5.91 Å². The second-order valence-corrected chi connectivity index (χ2v) is 9.68. The Balaban J connectivity index is 1.67. The molecule has 3 nitrogen and oxygen atoms in total. The Morgan fingerprint density at radius 3 is 2.37 bits per heavy atom. The summed E-state index contributed by atoms with van der Waals surface area (Å²) in [5.41, 5.74) is -4.84. The molecule has 1 unspecified atom stereocenters. The van der Waals surface area contributed by atoms with Gasteiger partial charge in [-0.2, -0.15) is 26.3 Å². The van der Waals surface area contributed by atoms with Crippen LogP contribution in [-0.4, -0.2) is 25.2 Å². The first-order chi connectivity index (χ1) is 16.2. The van der Waals surface area contributed by atoms with Gasteiger partial charge in [0.25, 0.3) is 0 Å². The zero-order valence-electron chi connectivity index (χ0n) is 18.0. The highest BCUT2D eigenvalue weighted by Gasteiger charge is 2.60. The van der Waals surface area contributed by atoms with Gasteiger partial charge in [-0.25, -0.2) is 4.39 Å². The van der Waals surface area contributed by atoms with Gasteiger partial charge in [-0.05, 0) is 49.1 Å². The van der Waals surface area contributed by atoms with Crippen molar-refractivity contribution in [1.82, 2.24) is 5.32 Å². The molecule has 35 heavy (non-hydrogen) atoms.